The Labute approximate surface area is 128 Å². The second-order valence-electron chi connectivity index (χ2n) is 5.96. The van der Waals surface area contributed by atoms with Crippen LogP contribution in [0.4, 0.5) is 0 Å². The molecule has 0 fully saturated rings. The molecular formula is C15H27N3O2S. The van der Waals surface area contributed by atoms with Crippen molar-refractivity contribution in [1.29, 1.82) is 0 Å². The fourth-order valence-electron chi connectivity index (χ4n) is 2.15. The van der Waals surface area contributed by atoms with E-state index in [4.69, 9.17) is 5.73 Å². The van der Waals surface area contributed by atoms with E-state index in [9.17, 15) is 8.42 Å². The smallest absolute Gasteiger partial charge is 0.216 e. The van der Waals surface area contributed by atoms with Gasteiger partial charge in [0.1, 0.15) is 0 Å². The van der Waals surface area contributed by atoms with Crippen LogP contribution in [0.5, 0.6) is 0 Å². The van der Waals surface area contributed by atoms with E-state index in [1.54, 1.807) is 0 Å². The average Bonchev–Trinajstić information content (AvgIpc) is 2.37. The van der Waals surface area contributed by atoms with Crippen molar-refractivity contribution >= 4 is 10.0 Å². The van der Waals surface area contributed by atoms with Crippen LogP contribution >= 0.6 is 0 Å². The lowest BCUT2D eigenvalue weighted by Gasteiger charge is -2.25. The van der Waals surface area contributed by atoms with Gasteiger partial charge in [0, 0.05) is 19.1 Å². The molecule has 0 bridgehead atoms. The molecule has 0 aliphatic rings. The van der Waals surface area contributed by atoms with Crippen LogP contribution in [0.2, 0.25) is 0 Å². The summed E-state index contributed by atoms with van der Waals surface area (Å²) in [7, 11) is 0.486. The van der Waals surface area contributed by atoms with Gasteiger partial charge in [-0.1, -0.05) is 38.1 Å². The van der Waals surface area contributed by atoms with Crippen molar-refractivity contribution in [3.8, 4) is 0 Å². The molecule has 3 N–H and O–H groups in total. The third-order valence-electron chi connectivity index (χ3n) is 3.38. The summed E-state index contributed by atoms with van der Waals surface area (Å²) in [5.41, 5.74) is 7.30. The highest BCUT2D eigenvalue weighted by Gasteiger charge is 2.22. The number of rotatable bonds is 8. The Kier molecular flexibility index (Phi) is 6.80. The van der Waals surface area contributed by atoms with Crippen LogP contribution < -0.4 is 10.5 Å². The molecule has 1 aromatic carbocycles. The maximum Gasteiger partial charge on any atom is 0.216 e. The fourth-order valence-corrected chi connectivity index (χ4v) is 3.73. The highest BCUT2D eigenvalue weighted by atomic mass is 32.2. The minimum absolute atomic E-state index is 0.0307. The predicted molar refractivity (Wildman–Crippen MR) is 87.3 cm³/mol. The van der Waals surface area contributed by atoms with Gasteiger partial charge in [-0.15, -0.1) is 0 Å². The molecule has 0 saturated carbocycles. The van der Waals surface area contributed by atoms with Gasteiger partial charge in [0.25, 0.3) is 0 Å². The van der Waals surface area contributed by atoms with Gasteiger partial charge < -0.3 is 10.6 Å². The van der Waals surface area contributed by atoms with Crippen LogP contribution in [0.15, 0.2) is 24.3 Å². The lowest BCUT2D eigenvalue weighted by molar-refractivity contribution is 0.314. The summed E-state index contributed by atoms with van der Waals surface area (Å²) in [6.07, 6.45) is 0. The summed E-state index contributed by atoms with van der Waals surface area (Å²) in [6.45, 7) is 5.06. The van der Waals surface area contributed by atoms with Gasteiger partial charge >= 0.3 is 0 Å². The molecule has 0 aliphatic carbocycles. The lowest BCUT2D eigenvalue weighted by atomic mass is 10.1. The Morgan fingerprint density at radius 1 is 1.19 bits per heavy atom. The Hall–Kier alpha value is -0.950. The van der Waals surface area contributed by atoms with Gasteiger partial charge in [0.05, 0.1) is 5.75 Å². The van der Waals surface area contributed by atoms with E-state index in [2.05, 4.69) is 4.72 Å². The molecule has 0 aromatic heterocycles. The van der Waals surface area contributed by atoms with Gasteiger partial charge in [-0.3, -0.25) is 0 Å². The molecule has 1 atom stereocenters. The molecule has 0 spiro atoms. The number of benzene rings is 1. The van der Waals surface area contributed by atoms with Crippen molar-refractivity contribution in [2.45, 2.75) is 32.2 Å². The number of nitrogens with zero attached hydrogens (tertiary/aromatic N) is 1. The Balaban J connectivity index is 2.85. The Bertz CT molecular complexity index is 542. The highest BCUT2D eigenvalue weighted by molar-refractivity contribution is 7.88. The zero-order valence-electron chi connectivity index (χ0n) is 13.3. The second kappa shape index (κ2) is 7.89. The largest absolute Gasteiger partial charge is 0.326 e. The number of sulfonamides is 1. The van der Waals surface area contributed by atoms with Crippen molar-refractivity contribution in [1.82, 2.24) is 9.62 Å². The van der Waals surface area contributed by atoms with E-state index in [-0.39, 0.29) is 17.7 Å². The summed E-state index contributed by atoms with van der Waals surface area (Å²) in [4.78, 5) is 1.99. The Morgan fingerprint density at radius 3 is 2.24 bits per heavy atom. The van der Waals surface area contributed by atoms with Crippen LogP contribution in [-0.2, 0) is 22.3 Å². The van der Waals surface area contributed by atoms with E-state index >= 15 is 0 Å². The number of nitrogens with two attached hydrogens (primary N) is 1. The Morgan fingerprint density at radius 2 is 1.76 bits per heavy atom. The van der Waals surface area contributed by atoms with E-state index in [1.165, 1.54) is 0 Å². The minimum atomic E-state index is -3.39. The normalized spacial score (nSPS) is 13.9. The highest BCUT2D eigenvalue weighted by Crippen LogP contribution is 2.13. The van der Waals surface area contributed by atoms with Crippen LogP contribution in [0.3, 0.4) is 0 Å². The summed E-state index contributed by atoms with van der Waals surface area (Å²) in [5.74, 6) is 0.198. The van der Waals surface area contributed by atoms with Crippen LogP contribution in [-0.4, -0.2) is 40.0 Å². The first-order valence-corrected chi connectivity index (χ1v) is 8.82. The molecule has 0 heterocycles. The van der Waals surface area contributed by atoms with Gasteiger partial charge in [0.15, 0.2) is 0 Å². The zero-order valence-corrected chi connectivity index (χ0v) is 14.2. The number of likely N-dealkylation sites (N-methyl/N-ethyl adjacent to an activating group) is 1. The molecule has 1 aromatic rings. The minimum Gasteiger partial charge on any atom is -0.326 e. The molecule has 0 saturated heterocycles. The van der Waals surface area contributed by atoms with Gasteiger partial charge in [0.2, 0.25) is 10.0 Å². The molecule has 21 heavy (non-hydrogen) atoms. The van der Waals surface area contributed by atoms with E-state index in [0.717, 1.165) is 11.1 Å². The maximum atomic E-state index is 12.4. The fraction of sp³-hybridized carbons (Fsp3) is 0.600. The molecule has 120 valence electrons. The van der Waals surface area contributed by atoms with Gasteiger partial charge in [-0.2, -0.15) is 0 Å². The van der Waals surface area contributed by atoms with Crippen molar-refractivity contribution in [3.63, 3.8) is 0 Å². The first-order chi connectivity index (χ1) is 9.75. The summed E-state index contributed by atoms with van der Waals surface area (Å²) in [5, 5.41) is 0. The van der Waals surface area contributed by atoms with Crippen molar-refractivity contribution in [2.75, 3.05) is 20.6 Å². The lowest BCUT2D eigenvalue weighted by Crippen LogP contribution is -2.45. The van der Waals surface area contributed by atoms with Crippen LogP contribution in [0, 0.1) is 5.92 Å². The topological polar surface area (TPSA) is 75.4 Å². The van der Waals surface area contributed by atoms with Crippen molar-refractivity contribution < 1.29 is 8.42 Å². The summed E-state index contributed by atoms with van der Waals surface area (Å²) < 4.78 is 27.6. The number of hydrogen-bond acceptors (Lipinski definition) is 4. The number of nitrogens with one attached hydrogen (secondary N) is 1. The van der Waals surface area contributed by atoms with Gasteiger partial charge in [-0.25, -0.2) is 13.1 Å². The molecule has 0 amide bonds. The second-order valence-corrected chi connectivity index (χ2v) is 7.72. The SMILES string of the molecule is CC(C)C(CN(C)C)NS(=O)(=O)Cc1ccccc1CN. The molecule has 1 rings (SSSR count). The molecule has 0 radical (unpaired) electrons. The number of hydrogen-bond donors (Lipinski definition) is 2. The van der Waals surface area contributed by atoms with Crippen molar-refractivity contribution in [2.24, 2.45) is 11.7 Å². The molecule has 6 heteroatoms. The maximum absolute atomic E-state index is 12.4. The quantitative estimate of drug-likeness (QED) is 0.755. The third-order valence-corrected chi connectivity index (χ3v) is 4.73. The first-order valence-electron chi connectivity index (χ1n) is 7.16. The first kappa shape index (κ1) is 18.1. The summed E-state index contributed by atoms with van der Waals surface area (Å²) in [6, 6.07) is 7.29. The van der Waals surface area contributed by atoms with Crippen LogP contribution in [0.1, 0.15) is 25.0 Å². The van der Waals surface area contributed by atoms with Crippen LogP contribution in [0.25, 0.3) is 0 Å². The standard InChI is InChI=1S/C15H27N3O2S/c1-12(2)15(10-18(3)4)17-21(19,20)11-14-8-6-5-7-13(14)9-16/h5-8,12,15,17H,9-11,16H2,1-4H3. The third kappa shape index (κ3) is 6.13. The molecule has 1 unspecified atom stereocenters. The van der Waals surface area contributed by atoms with Crippen molar-refractivity contribution in [3.05, 3.63) is 35.4 Å². The summed E-state index contributed by atoms with van der Waals surface area (Å²) >= 11 is 0. The van der Waals surface area contributed by atoms with Gasteiger partial charge in [-0.05, 0) is 31.1 Å². The average molecular weight is 313 g/mol. The van der Waals surface area contributed by atoms with E-state index < -0.39 is 10.0 Å². The zero-order chi connectivity index (χ0) is 16.0. The predicted octanol–water partition coefficient (Wildman–Crippen LogP) is 1.15. The van der Waals surface area contributed by atoms with E-state index in [1.807, 2.05) is 57.1 Å². The van der Waals surface area contributed by atoms with E-state index in [0.29, 0.717) is 13.1 Å². The molecule has 5 nitrogen and oxygen atoms in total. The molecular weight excluding hydrogens is 286 g/mol. The monoisotopic (exact) mass is 313 g/mol. The molecule has 0 aliphatic heterocycles.